The number of anilines is 2. The second kappa shape index (κ2) is 9.97. The lowest BCUT2D eigenvalue weighted by molar-refractivity contribution is -0.115. The molecule has 0 aromatic heterocycles. The number of hydrogen-bond acceptors (Lipinski definition) is 3. The molecule has 0 aliphatic carbocycles. The van der Waals surface area contributed by atoms with Gasteiger partial charge in [-0.25, -0.2) is 0 Å². The van der Waals surface area contributed by atoms with Gasteiger partial charge in [-0.2, -0.15) is 0 Å². The number of nitrogens with one attached hydrogen (secondary N) is 2. The molecule has 0 unspecified atom stereocenters. The lowest BCUT2D eigenvalue weighted by Crippen LogP contribution is -2.15. The second-order valence-corrected chi connectivity index (χ2v) is 6.69. The molecule has 0 saturated carbocycles. The predicted octanol–water partition coefficient (Wildman–Crippen LogP) is 5.23. The highest BCUT2D eigenvalue weighted by molar-refractivity contribution is 9.10. The molecule has 0 atom stereocenters. The lowest BCUT2D eigenvalue weighted by atomic mass is 10.1. The Labute approximate surface area is 162 Å². The van der Waals surface area contributed by atoms with Crippen molar-refractivity contribution in [1.29, 1.82) is 0 Å². The Bertz CT molecular complexity index is 777. The predicted molar refractivity (Wildman–Crippen MR) is 108 cm³/mol. The van der Waals surface area contributed by atoms with Crippen LogP contribution in [0.1, 0.15) is 43.5 Å². The van der Waals surface area contributed by atoms with Crippen LogP contribution in [0.2, 0.25) is 0 Å². The zero-order chi connectivity index (χ0) is 18.9. The molecule has 138 valence electrons. The van der Waals surface area contributed by atoms with Gasteiger partial charge < -0.3 is 15.4 Å². The van der Waals surface area contributed by atoms with E-state index in [1.54, 1.807) is 43.3 Å². The largest absolute Gasteiger partial charge is 0.493 e. The van der Waals surface area contributed by atoms with Crippen LogP contribution in [0.25, 0.3) is 0 Å². The first kappa shape index (κ1) is 20.0. The Morgan fingerprint density at radius 3 is 2.46 bits per heavy atom. The van der Waals surface area contributed by atoms with Crippen molar-refractivity contribution in [3.8, 4) is 5.75 Å². The lowest BCUT2D eigenvalue weighted by Gasteiger charge is -2.13. The van der Waals surface area contributed by atoms with Crippen molar-refractivity contribution in [1.82, 2.24) is 0 Å². The van der Waals surface area contributed by atoms with E-state index in [2.05, 4.69) is 33.5 Å². The first-order chi connectivity index (χ1) is 12.5. The average Bonchev–Trinajstić information content (AvgIpc) is 2.63. The molecule has 0 fully saturated rings. The van der Waals surface area contributed by atoms with Crippen molar-refractivity contribution in [2.75, 3.05) is 17.2 Å². The summed E-state index contributed by atoms with van der Waals surface area (Å²) in [6.45, 7) is 4.44. The molecule has 0 spiro atoms. The minimum absolute atomic E-state index is 0.0768. The SMILES string of the molecule is CCCCOc1ccc(Br)cc1C(=O)Nc1cccc(NC(=O)CC)c1. The molecule has 26 heavy (non-hydrogen) atoms. The van der Waals surface area contributed by atoms with E-state index in [4.69, 9.17) is 4.74 Å². The third kappa shape index (κ3) is 5.88. The molecule has 2 aromatic rings. The normalized spacial score (nSPS) is 10.3. The monoisotopic (exact) mass is 418 g/mol. The summed E-state index contributed by atoms with van der Waals surface area (Å²) >= 11 is 3.40. The maximum atomic E-state index is 12.7. The third-order valence-electron chi connectivity index (χ3n) is 3.67. The summed E-state index contributed by atoms with van der Waals surface area (Å²) in [6.07, 6.45) is 2.34. The molecule has 0 saturated heterocycles. The summed E-state index contributed by atoms with van der Waals surface area (Å²) in [5, 5.41) is 5.63. The van der Waals surface area contributed by atoms with E-state index >= 15 is 0 Å². The Morgan fingerprint density at radius 2 is 1.77 bits per heavy atom. The van der Waals surface area contributed by atoms with E-state index in [0.717, 1.165) is 17.3 Å². The molecule has 2 amide bonds. The fourth-order valence-electron chi connectivity index (χ4n) is 2.25. The Balaban J connectivity index is 2.15. The van der Waals surface area contributed by atoms with E-state index < -0.39 is 0 Å². The number of ether oxygens (including phenoxy) is 1. The van der Waals surface area contributed by atoms with Crippen molar-refractivity contribution < 1.29 is 14.3 Å². The third-order valence-corrected chi connectivity index (χ3v) is 4.16. The number of unbranched alkanes of at least 4 members (excludes halogenated alkanes) is 1. The van der Waals surface area contributed by atoms with Gasteiger partial charge in [-0.15, -0.1) is 0 Å². The minimum Gasteiger partial charge on any atom is -0.493 e. The van der Waals surface area contributed by atoms with Crippen LogP contribution in [0.5, 0.6) is 5.75 Å². The molecule has 5 nitrogen and oxygen atoms in total. The summed E-state index contributed by atoms with van der Waals surface area (Å²) in [5.74, 6) is 0.207. The fourth-order valence-corrected chi connectivity index (χ4v) is 2.62. The van der Waals surface area contributed by atoms with Gasteiger partial charge >= 0.3 is 0 Å². The molecular weight excluding hydrogens is 396 g/mol. The molecular formula is C20H23BrN2O3. The number of amides is 2. The molecule has 0 aliphatic heterocycles. The summed E-state index contributed by atoms with van der Waals surface area (Å²) in [4.78, 5) is 24.2. The van der Waals surface area contributed by atoms with Crippen molar-refractivity contribution in [2.45, 2.75) is 33.1 Å². The topological polar surface area (TPSA) is 67.4 Å². The van der Waals surface area contributed by atoms with Gasteiger partial charge in [-0.1, -0.05) is 42.3 Å². The number of benzene rings is 2. The van der Waals surface area contributed by atoms with E-state index in [0.29, 0.717) is 35.7 Å². The Hall–Kier alpha value is -2.34. The standard InChI is InChI=1S/C20H23BrN2O3/c1-3-5-11-26-18-10-9-14(21)12-17(18)20(25)23-16-8-6-7-15(13-16)22-19(24)4-2/h6-10,12-13H,3-5,11H2,1-2H3,(H,22,24)(H,23,25). The number of halogens is 1. The highest BCUT2D eigenvalue weighted by Gasteiger charge is 2.14. The smallest absolute Gasteiger partial charge is 0.259 e. The van der Waals surface area contributed by atoms with Crippen molar-refractivity contribution in [3.63, 3.8) is 0 Å². The van der Waals surface area contributed by atoms with Gasteiger partial charge in [0.15, 0.2) is 0 Å². The highest BCUT2D eigenvalue weighted by atomic mass is 79.9. The summed E-state index contributed by atoms with van der Waals surface area (Å²) < 4.78 is 6.54. The average molecular weight is 419 g/mol. The summed E-state index contributed by atoms with van der Waals surface area (Å²) in [6, 6.07) is 12.4. The number of carbonyl (C=O) groups is 2. The van der Waals surface area contributed by atoms with E-state index in [1.165, 1.54) is 0 Å². The first-order valence-electron chi connectivity index (χ1n) is 8.67. The first-order valence-corrected chi connectivity index (χ1v) is 9.46. The van der Waals surface area contributed by atoms with Crippen LogP contribution in [0.15, 0.2) is 46.9 Å². The molecule has 0 heterocycles. The number of carbonyl (C=O) groups excluding carboxylic acids is 2. The number of rotatable bonds is 8. The van der Waals surface area contributed by atoms with Gasteiger partial charge in [0.25, 0.3) is 5.91 Å². The van der Waals surface area contributed by atoms with Crippen LogP contribution in [-0.4, -0.2) is 18.4 Å². The van der Waals surface area contributed by atoms with Gasteiger partial charge in [0, 0.05) is 22.3 Å². The molecule has 2 aromatic carbocycles. The minimum atomic E-state index is -0.267. The van der Waals surface area contributed by atoms with Crippen LogP contribution < -0.4 is 15.4 Å². The second-order valence-electron chi connectivity index (χ2n) is 5.78. The van der Waals surface area contributed by atoms with Gasteiger partial charge in [-0.3, -0.25) is 9.59 Å². The van der Waals surface area contributed by atoms with Crippen molar-refractivity contribution in [2.24, 2.45) is 0 Å². The van der Waals surface area contributed by atoms with Crippen molar-refractivity contribution in [3.05, 3.63) is 52.5 Å². The van der Waals surface area contributed by atoms with Gasteiger partial charge in [0.1, 0.15) is 5.75 Å². The van der Waals surface area contributed by atoms with Crippen LogP contribution in [0, 0.1) is 0 Å². The maximum absolute atomic E-state index is 12.7. The van der Waals surface area contributed by atoms with Crippen LogP contribution in [-0.2, 0) is 4.79 Å². The molecule has 0 radical (unpaired) electrons. The molecule has 0 bridgehead atoms. The number of hydrogen-bond donors (Lipinski definition) is 2. The summed E-state index contributed by atoms with van der Waals surface area (Å²) in [7, 11) is 0. The fraction of sp³-hybridized carbons (Fsp3) is 0.300. The maximum Gasteiger partial charge on any atom is 0.259 e. The molecule has 0 aliphatic rings. The van der Waals surface area contributed by atoms with Crippen LogP contribution >= 0.6 is 15.9 Å². The van der Waals surface area contributed by atoms with Crippen LogP contribution in [0.4, 0.5) is 11.4 Å². The molecule has 2 rings (SSSR count). The Kier molecular flexibility index (Phi) is 7.66. The van der Waals surface area contributed by atoms with Gasteiger partial charge in [0.2, 0.25) is 5.91 Å². The quantitative estimate of drug-likeness (QED) is 0.576. The van der Waals surface area contributed by atoms with E-state index in [9.17, 15) is 9.59 Å². The highest BCUT2D eigenvalue weighted by Crippen LogP contribution is 2.25. The van der Waals surface area contributed by atoms with Gasteiger partial charge in [-0.05, 0) is 42.8 Å². The molecule has 2 N–H and O–H groups in total. The zero-order valence-electron chi connectivity index (χ0n) is 15.0. The summed E-state index contributed by atoms with van der Waals surface area (Å²) in [5.41, 5.74) is 1.70. The Morgan fingerprint density at radius 1 is 1.04 bits per heavy atom. The van der Waals surface area contributed by atoms with Crippen molar-refractivity contribution >= 4 is 39.1 Å². The van der Waals surface area contributed by atoms with Crippen LogP contribution in [0.3, 0.4) is 0 Å². The van der Waals surface area contributed by atoms with Gasteiger partial charge in [0.05, 0.1) is 12.2 Å². The zero-order valence-corrected chi connectivity index (χ0v) is 16.6. The van der Waals surface area contributed by atoms with E-state index in [1.807, 2.05) is 6.07 Å². The molecule has 6 heteroatoms. The van der Waals surface area contributed by atoms with E-state index in [-0.39, 0.29) is 11.8 Å².